The Labute approximate surface area is 164 Å². The van der Waals surface area contributed by atoms with E-state index in [-0.39, 0.29) is 6.10 Å². The zero-order valence-electron chi connectivity index (χ0n) is 15.5. The molecule has 3 N–H and O–H groups in total. The first-order valence-corrected chi connectivity index (χ1v) is 9.38. The van der Waals surface area contributed by atoms with E-state index in [1.165, 1.54) is 0 Å². The number of hydrogen-bond acceptors (Lipinski definition) is 5. The average Bonchev–Trinajstić information content (AvgIpc) is 3.13. The van der Waals surface area contributed by atoms with Crippen LogP contribution in [0, 0.1) is 13.8 Å². The standard InChI is InChI=1S/C19H24N6OS/c1-13-11-14(2)22-18(21-13)24-17(20-12-16-9-6-10-26-16)25-19(27)23-15-7-4-3-5-8-15/h3-5,7-8,11,16H,6,9-10,12H2,1-2H3,(H3,20,21,22,23,24,25,27). The van der Waals surface area contributed by atoms with Gasteiger partial charge in [0.05, 0.1) is 12.6 Å². The molecule has 0 amide bonds. The Morgan fingerprint density at radius 1 is 1.19 bits per heavy atom. The zero-order chi connectivity index (χ0) is 19.1. The van der Waals surface area contributed by atoms with Gasteiger partial charge in [-0.2, -0.15) is 0 Å². The molecule has 1 aromatic carbocycles. The van der Waals surface area contributed by atoms with E-state index >= 15 is 0 Å². The van der Waals surface area contributed by atoms with Crippen molar-refractivity contribution in [3.8, 4) is 0 Å². The minimum absolute atomic E-state index is 0.138. The molecule has 1 saturated heterocycles. The highest BCUT2D eigenvalue weighted by atomic mass is 32.1. The summed E-state index contributed by atoms with van der Waals surface area (Å²) in [6.07, 6.45) is 2.23. The summed E-state index contributed by atoms with van der Waals surface area (Å²) in [5, 5.41) is 9.81. The monoisotopic (exact) mass is 384 g/mol. The van der Waals surface area contributed by atoms with Gasteiger partial charge >= 0.3 is 0 Å². The molecule has 0 aliphatic carbocycles. The summed E-state index contributed by atoms with van der Waals surface area (Å²) in [6.45, 7) is 5.20. The van der Waals surface area contributed by atoms with E-state index in [1.807, 2.05) is 50.2 Å². The molecule has 1 aliphatic rings. The Balaban J connectivity index is 1.70. The number of guanidine groups is 1. The van der Waals surface area contributed by atoms with Gasteiger partial charge in [0.2, 0.25) is 11.9 Å². The molecule has 8 heteroatoms. The van der Waals surface area contributed by atoms with Crippen LogP contribution < -0.4 is 16.0 Å². The highest BCUT2D eigenvalue weighted by Gasteiger charge is 2.15. The number of aromatic nitrogens is 2. The molecule has 1 fully saturated rings. The van der Waals surface area contributed by atoms with Crippen molar-refractivity contribution in [2.75, 3.05) is 23.8 Å². The molecular weight excluding hydrogens is 360 g/mol. The fraction of sp³-hybridized carbons (Fsp3) is 0.368. The van der Waals surface area contributed by atoms with Crippen LogP contribution in [0.3, 0.4) is 0 Å². The number of hydrogen-bond donors (Lipinski definition) is 3. The Kier molecular flexibility index (Phi) is 6.67. The van der Waals surface area contributed by atoms with E-state index in [0.29, 0.717) is 23.6 Å². The summed E-state index contributed by atoms with van der Waals surface area (Å²) in [5.74, 6) is 0.970. The Bertz CT molecular complexity index is 785. The van der Waals surface area contributed by atoms with Gasteiger partial charge in [0.1, 0.15) is 0 Å². The maximum atomic E-state index is 5.65. The maximum absolute atomic E-state index is 5.65. The van der Waals surface area contributed by atoms with Crippen molar-refractivity contribution in [2.45, 2.75) is 32.8 Å². The van der Waals surface area contributed by atoms with E-state index in [0.717, 1.165) is 36.5 Å². The molecule has 0 saturated carbocycles. The number of nitrogens with one attached hydrogen (secondary N) is 3. The van der Waals surface area contributed by atoms with E-state index in [4.69, 9.17) is 17.0 Å². The first-order chi connectivity index (χ1) is 13.1. The van der Waals surface area contributed by atoms with Crippen LogP contribution in [0.15, 0.2) is 41.4 Å². The van der Waals surface area contributed by atoms with Crippen molar-refractivity contribution in [3.63, 3.8) is 0 Å². The van der Waals surface area contributed by atoms with E-state index in [1.54, 1.807) is 0 Å². The summed E-state index contributed by atoms with van der Waals surface area (Å²) in [7, 11) is 0. The van der Waals surface area contributed by atoms with Gasteiger partial charge in [-0.3, -0.25) is 5.32 Å². The normalized spacial score (nSPS) is 16.8. The number of aliphatic imine (C=N–C) groups is 1. The van der Waals surface area contributed by atoms with Gasteiger partial charge in [-0.25, -0.2) is 15.0 Å². The number of benzene rings is 1. The highest BCUT2D eigenvalue weighted by molar-refractivity contribution is 7.80. The number of nitrogens with zero attached hydrogens (tertiary/aromatic N) is 3. The minimum Gasteiger partial charge on any atom is -0.376 e. The molecule has 2 aromatic rings. The maximum Gasteiger partial charge on any atom is 0.229 e. The van der Waals surface area contributed by atoms with Gasteiger partial charge in [-0.15, -0.1) is 0 Å². The molecule has 1 aromatic heterocycles. The molecule has 0 bridgehead atoms. The van der Waals surface area contributed by atoms with Gasteiger partial charge in [0, 0.05) is 23.7 Å². The number of para-hydroxylation sites is 1. The van der Waals surface area contributed by atoms with Crippen LogP contribution in [-0.4, -0.2) is 40.3 Å². The van der Waals surface area contributed by atoms with Gasteiger partial charge in [-0.1, -0.05) is 18.2 Å². The van der Waals surface area contributed by atoms with Crippen molar-refractivity contribution in [3.05, 3.63) is 47.8 Å². The second-order valence-electron chi connectivity index (χ2n) is 6.37. The smallest absolute Gasteiger partial charge is 0.229 e. The molecule has 7 nitrogen and oxygen atoms in total. The molecule has 1 atom stereocenters. The number of aryl methyl sites for hydroxylation is 2. The van der Waals surface area contributed by atoms with Crippen molar-refractivity contribution < 1.29 is 4.74 Å². The topological polar surface area (TPSA) is 83.5 Å². The zero-order valence-corrected chi connectivity index (χ0v) is 16.3. The Morgan fingerprint density at radius 2 is 1.93 bits per heavy atom. The first kappa shape index (κ1) is 19.2. The van der Waals surface area contributed by atoms with E-state index in [9.17, 15) is 0 Å². The molecule has 0 spiro atoms. The van der Waals surface area contributed by atoms with E-state index in [2.05, 4.69) is 30.9 Å². The largest absolute Gasteiger partial charge is 0.376 e. The number of anilines is 2. The third-order valence-corrected chi connectivity index (χ3v) is 4.16. The van der Waals surface area contributed by atoms with Gasteiger partial charge in [0.15, 0.2) is 5.11 Å². The molecule has 142 valence electrons. The van der Waals surface area contributed by atoms with Crippen LogP contribution in [0.25, 0.3) is 0 Å². The molecule has 27 heavy (non-hydrogen) atoms. The predicted molar refractivity (Wildman–Crippen MR) is 112 cm³/mol. The van der Waals surface area contributed by atoms with Gasteiger partial charge in [0.25, 0.3) is 0 Å². The van der Waals surface area contributed by atoms with Gasteiger partial charge in [-0.05, 0) is 57.1 Å². The molecule has 1 unspecified atom stereocenters. The molecular formula is C19H24N6OS. The lowest BCUT2D eigenvalue weighted by Gasteiger charge is -2.15. The highest BCUT2D eigenvalue weighted by Crippen LogP contribution is 2.12. The van der Waals surface area contributed by atoms with Crippen LogP contribution in [0.4, 0.5) is 11.6 Å². The summed E-state index contributed by atoms with van der Waals surface area (Å²) in [6, 6.07) is 11.6. The lowest BCUT2D eigenvalue weighted by molar-refractivity contribution is 0.118. The third kappa shape index (κ3) is 6.26. The van der Waals surface area contributed by atoms with E-state index < -0.39 is 0 Å². The molecule has 0 radical (unpaired) electrons. The van der Waals surface area contributed by atoms with Crippen molar-refractivity contribution in [1.82, 2.24) is 15.3 Å². The Morgan fingerprint density at radius 3 is 2.59 bits per heavy atom. The van der Waals surface area contributed by atoms with Crippen molar-refractivity contribution in [2.24, 2.45) is 4.99 Å². The lowest BCUT2D eigenvalue weighted by Crippen LogP contribution is -2.39. The summed E-state index contributed by atoms with van der Waals surface area (Å²) in [4.78, 5) is 13.4. The second kappa shape index (κ2) is 9.38. The van der Waals surface area contributed by atoms with Crippen molar-refractivity contribution >= 4 is 34.9 Å². The summed E-state index contributed by atoms with van der Waals surface area (Å²) in [5.41, 5.74) is 2.66. The average molecular weight is 385 g/mol. The molecule has 1 aliphatic heterocycles. The molecule has 3 rings (SSSR count). The number of thiocarbonyl (C=S) groups is 1. The minimum atomic E-state index is 0.138. The quantitative estimate of drug-likeness (QED) is 0.424. The summed E-state index contributed by atoms with van der Waals surface area (Å²) >= 11 is 5.41. The first-order valence-electron chi connectivity index (χ1n) is 8.97. The number of rotatable bonds is 4. The Hall–Kier alpha value is -2.58. The lowest BCUT2D eigenvalue weighted by atomic mass is 10.2. The number of ether oxygens (including phenoxy) is 1. The van der Waals surface area contributed by atoms with Gasteiger partial charge < -0.3 is 15.4 Å². The second-order valence-corrected chi connectivity index (χ2v) is 6.78. The predicted octanol–water partition coefficient (Wildman–Crippen LogP) is 3.03. The molecule has 2 heterocycles. The fourth-order valence-electron chi connectivity index (χ4n) is 2.77. The summed E-state index contributed by atoms with van der Waals surface area (Å²) < 4.78 is 5.65. The van der Waals surface area contributed by atoms with Crippen molar-refractivity contribution in [1.29, 1.82) is 0 Å². The van der Waals surface area contributed by atoms with Crippen LogP contribution in [0.1, 0.15) is 24.2 Å². The van der Waals surface area contributed by atoms with Crippen LogP contribution in [0.5, 0.6) is 0 Å². The van der Waals surface area contributed by atoms with Crippen LogP contribution >= 0.6 is 12.2 Å². The third-order valence-electron chi connectivity index (χ3n) is 3.95. The van der Waals surface area contributed by atoms with Crippen LogP contribution in [0.2, 0.25) is 0 Å². The fourth-order valence-corrected chi connectivity index (χ4v) is 2.99. The van der Waals surface area contributed by atoms with Crippen LogP contribution in [-0.2, 0) is 4.74 Å². The SMILES string of the molecule is Cc1cc(C)nc(NC(=NCC2CCCO2)NC(=S)Nc2ccccc2)n1.